The van der Waals surface area contributed by atoms with Crippen LogP contribution in [-0.2, 0) is 10.00 Å². The number of benzene rings is 1. The minimum Gasteiger partial charge on any atom is -0.455 e. The van der Waals surface area contributed by atoms with Crippen LogP contribution >= 0.6 is 11.6 Å². The fourth-order valence-electron chi connectivity index (χ4n) is 2.75. The molecule has 0 bridgehead atoms. The van der Waals surface area contributed by atoms with Gasteiger partial charge in [0.15, 0.2) is 16.6 Å². The molecule has 0 radical (unpaired) electrons. The molecule has 1 rings (SSSR count). The lowest BCUT2D eigenvalue weighted by Crippen LogP contribution is -2.47. The SMILES string of the molecule is CCCC[Si](C)(C)O[Si](C)(C)C(C)c1ccc(CCl)cc1. The van der Waals surface area contributed by atoms with Gasteiger partial charge in [0.1, 0.15) is 0 Å². The molecular weight excluding hydrogens is 312 g/mol. The van der Waals surface area contributed by atoms with Crippen molar-refractivity contribution in [1.82, 2.24) is 0 Å². The summed E-state index contributed by atoms with van der Waals surface area (Å²) in [5.41, 5.74) is 3.08. The van der Waals surface area contributed by atoms with Gasteiger partial charge in [0.25, 0.3) is 0 Å². The summed E-state index contributed by atoms with van der Waals surface area (Å²) in [6.45, 7) is 14.1. The first-order valence-corrected chi connectivity index (χ1v) is 14.7. The van der Waals surface area contributed by atoms with Crippen molar-refractivity contribution < 1.29 is 4.12 Å². The van der Waals surface area contributed by atoms with Crippen molar-refractivity contribution in [2.75, 3.05) is 0 Å². The van der Waals surface area contributed by atoms with Gasteiger partial charge in [0.2, 0.25) is 0 Å². The van der Waals surface area contributed by atoms with Crippen LogP contribution in [0.2, 0.25) is 32.2 Å². The topological polar surface area (TPSA) is 9.23 Å². The Labute approximate surface area is 138 Å². The van der Waals surface area contributed by atoms with Gasteiger partial charge in [-0.1, -0.05) is 51.0 Å². The van der Waals surface area contributed by atoms with E-state index in [1.165, 1.54) is 30.0 Å². The number of hydrogen-bond acceptors (Lipinski definition) is 1. The zero-order valence-corrected chi connectivity index (χ0v) is 17.3. The molecule has 0 aromatic heterocycles. The highest BCUT2D eigenvalue weighted by atomic mass is 35.5. The minimum atomic E-state index is -1.73. The molecule has 0 amide bonds. The van der Waals surface area contributed by atoms with Crippen LogP contribution in [0.15, 0.2) is 24.3 Å². The Kier molecular flexibility index (Phi) is 7.18. The Morgan fingerprint density at radius 1 is 1.10 bits per heavy atom. The summed E-state index contributed by atoms with van der Waals surface area (Å²) in [6, 6.07) is 10.0. The fourth-order valence-corrected chi connectivity index (χ4v) is 11.9. The molecule has 1 unspecified atom stereocenters. The zero-order valence-electron chi connectivity index (χ0n) is 14.5. The first kappa shape index (κ1) is 19.0. The summed E-state index contributed by atoms with van der Waals surface area (Å²) in [4.78, 5) is 0. The third-order valence-electron chi connectivity index (χ3n) is 4.35. The van der Waals surface area contributed by atoms with Crippen molar-refractivity contribution in [3.63, 3.8) is 0 Å². The predicted octanol–water partition coefficient (Wildman–Crippen LogP) is 6.30. The molecule has 120 valence electrons. The van der Waals surface area contributed by atoms with Crippen molar-refractivity contribution in [3.8, 4) is 0 Å². The molecule has 0 saturated carbocycles. The largest absolute Gasteiger partial charge is 0.455 e. The van der Waals surface area contributed by atoms with E-state index in [1.807, 2.05) is 0 Å². The predicted molar refractivity (Wildman–Crippen MR) is 100 cm³/mol. The van der Waals surface area contributed by atoms with Gasteiger partial charge in [0, 0.05) is 5.88 Å². The van der Waals surface area contributed by atoms with Crippen LogP contribution in [-0.4, -0.2) is 16.6 Å². The second-order valence-electron chi connectivity index (χ2n) is 7.17. The standard InChI is InChI=1S/C17H31ClOSi2/c1-7-8-13-20(3,4)19-21(5,6)15(2)17-11-9-16(14-18)10-12-17/h9-12,15H,7-8,13-14H2,1-6H3. The van der Waals surface area contributed by atoms with E-state index in [4.69, 9.17) is 15.7 Å². The summed E-state index contributed by atoms with van der Waals surface area (Å²) in [6.07, 6.45) is 2.56. The smallest absolute Gasteiger partial charge is 0.180 e. The van der Waals surface area contributed by atoms with Gasteiger partial charge in [-0.25, -0.2) is 0 Å². The van der Waals surface area contributed by atoms with Crippen molar-refractivity contribution >= 4 is 28.2 Å². The van der Waals surface area contributed by atoms with Crippen LogP contribution in [0.1, 0.15) is 43.4 Å². The monoisotopic (exact) mass is 342 g/mol. The Balaban J connectivity index is 2.79. The van der Waals surface area contributed by atoms with Crippen LogP contribution in [0.25, 0.3) is 0 Å². The fraction of sp³-hybridized carbons (Fsp3) is 0.647. The molecule has 0 aliphatic carbocycles. The number of unbranched alkanes of at least 4 members (excludes halogenated alkanes) is 1. The van der Waals surface area contributed by atoms with Gasteiger partial charge in [0.05, 0.1) is 0 Å². The van der Waals surface area contributed by atoms with Gasteiger partial charge in [-0.15, -0.1) is 11.6 Å². The molecule has 4 heteroatoms. The molecule has 1 aromatic rings. The van der Waals surface area contributed by atoms with E-state index in [-0.39, 0.29) is 0 Å². The van der Waals surface area contributed by atoms with Crippen molar-refractivity contribution in [2.45, 2.75) is 70.3 Å². The molecule has 1 nitrogen and oxygen atoms in total. The third-order valence-corrected chi connectivity index (χ3v) is 12.9. The van der Waals surface area contributed by atoms with Crippen molar-refractivity contribution in [2.24, 2.45) is 0 Å². The van der Waals surface area contributed by atoms with E-state index in [0.29, 0.717) is 11.4 Å². The molecule has 0 heterocycles. The number of rotatable bonds is 8. The Morgan fingerprint density at radius 3 is 2.14 bits per heavy atom. The first-order chi connectivity index (χ1) is 9.72. The highest BCUT2D eigenvalue weighted by Crippen LogP contribution is 2.32. The number of alkyl halides is 1. The molecular formula is C17H31ClOSi2. The van der Waals surface area contributed by atoms with Crippen LogP contribution < -0.4 is 0 Å². The highest BCUT2D eigenvalue weighted by Gasteiger charge is 2.37. The third kappa shape index (κ3) is 5.89. The Hall–Kier alpha value is -0.0962. The second kappa shape index (κ2) is 7.95. The molecule has 0 aliphatic heterocycles. The maximum absolute atomic E-state index is 6.75. The molecule has 0 saturated heterocycles. The molecule has 1 atom stereocenters. The van der Waals surface area contributed by atoms with E-state index >= 15 is 0 Å². The summed E-state index contributed by atoms with van der Waals surface area (Å²) < 4.78 is 6.75. The number of halogens is 1. The summed E-state index contributed by atoms with van der Waals surface area (Å²) in [5.74, 6) is 0.586. The van der Waals surface area contributed by atoms with Gasteiger partial charge in [-0.3, -0.25) is 0 Å². The highest BCUT2D eigenvalue weighted by molar-refractivity contribution is 6.85. The van der Waals surface area contributed by atoms with Gasteiger partial charge < -0.3 is 4.12 Å². The van der Waals surface area contributed by atoms with E-state index in [2.05, 4.69) is 64.3 Å². The van der Waals surface area contributed by atoms with E-state index in [9.17, 15) is 0 Å². The van der Waals surface area contributed by atoms with Crippen LogP contribution in [0.5, 0.6) is 0 Å². The molecule has 0 spiro atoms. The molecule has 0 N–H and O–H groups in total. The zero-order chi connectivity index (χ0) is 16.1. The average molecular weight is 343 g/mol. The van der Waals surface area contributed by atoms with Crippen molar-refractivity contribution in [3.05, 3.63) is 35.4 Å². The molecule has 0 fully saturated rings. The normalized spacial score (nSPS) is 14.2. The lowest BCUT2D eigenvalue weighted by atomic mass is 10.1. The van der Waals surface area contributed by atoms with Crippen LogP contribution in [0.3, 0.4) is 0 Å². The van der Waals surface area contributed by atoms with Crippen molar-refractivity contribution in [1.29, 1.82) is 0 Å². The maximum Gasteiger partial charge on any atom is 0.180 e. The summed E-state index contributed by atoms with van der Waals surface area (Å²) in [5, 5.41) is 0. The first-order valence-electron chi connectivity index (χ1n) is 8.07. The van der Waals surface area contributed by atoms with E-state index < -0.39 is 16.6 Å². The van der Waals surface area contributed by atoms with Crippen LogP contribution in [0, 0.1) is 0 Å². The number of hydrogen-bond donors (Lipinski definition) is 0. The average Bonchev–Trinajstić information content (AvgIpc) is 2.43. The Bertz CT molecular complexity index is 429. The van der Waals surface area contributed by atoms with Gasteiger partial charge in [-0.05, 0) is 48.9 Å². The lowest BCUT2D eigenvalue weighted by Gasteiger charge is -2.38. The molecule has 21 heavy (non-hydrogen) atoms. The molecule has 1 aromatic carbocycles. The van der Waals surface area contributed by atoms with Crippen LogP contribution in [0.4, 0.5) is 0 Å². The lowest BCUT2D eigenvalue weighted by molar-refractivity contribution is 0.519. The Morgan fingerprint density at radius 2 is 1.67 bits per heavy atom. The quantitative estimate of drug-likeness (QED) is 0.398. The maximum atomic E-state index is 6.75. The molecule has 0 aliphatic rings. The van der Waals surface area contributed by atoms with E-state index in [0.717, 1.165) is 0 Å². The van der Waals surface area contributed by atoms with Gasteiger partial charge in [-0.2, -0.15) is 0 Å². The van der Waals surface area contributed by atoms with Gasteiger partial charge >= 0.3 is 0 Å². The second-order valence-corrected chi connectivity index (χ2v) is 16.3. The summed E-state index contributed by atoms with van der Waals surface area (Å²) >= 11 is 5.87. The minimum absolute atomic E-state index is 0.510. The van der Waals surface area contributed by atoms with E-state index in [1.54, 1.807) is 0 Å². The summed E-state index contributed by atoms with van der Waals surface area (Å²) in [7, 11) is -3.26.